The summed E-state index contributed by atoms with van der Waals surface area (Å²) in [5.41, 5.74) is 4.53. The molecule has 1 aliphatic heterocycles. The predicted molar refractivity (Wildman–Crippen MR) is 132 cm³/mol. The number of hydrogen-bond donors (Lipinski definition) is 1. The zero-order chi connectivity index (χ0) is 24.6. The van der Waals surface area contributed by atoms with Gasteiger partial charge in [0.1, 0.15) is 12.4 Å². The van der Waals surface area contributed by atoms with Crippen LogP contribution in [0.15, 0.2) is 46.1 Å². The molecule has 184 valence electrons. The predicted octanol–water partition coefficient (Wildman–Crippen LogP) is 4.20. The zero-order valence-electron chi connectivity index (χ0n) is 19.3. The summed E-state index contributed by atoms with van der Waals surface area (Å²) < 4.78 is 40.6. The number of fused-ring (bicyclic) bond motifs is 1. The first-order valence-electron chi connectivity index (χ1n) is 11.5. The molecule has 0 bridgehead atoms. The van der Waals surface area contributed by atoms with Crippen LogP contribution in [-0.2, 0) is 34.2 Å². The third-order valence-electron chi connectivity index (χ3n) is 6.33. The minimum atomic E-state index is -3.90. The quantitative estimate of drug-likeness (QED) is 0.456. The molecule has 1 aromatic heterocycles. The largest absolute Gasteiger partial charge is 0.489 e. The van der Waals surface area contributed by atoms with Gasteiger partial charge in [-0.05, 0) is 74.1 Å². The highest BCUT2D eigenvalue weighted by Gasteiger charge is 2.34. The molecule has 1 saturated heterocycles. The molecular weight excluding hydrogens is 488 g/mol. The van der Waals surface area contributed by atoms with Gasteiger partial charge in [-0.1, -0.05) is 6.07 Å². The maximum atomic E-state index is 13.8. The van der Waals surface area contributed by atoms with Crippen LogP contribution in [-0.4, -0.2) is 43.7 Å². The van der Waals surface area contributed by atoms with E-state index in [-0.39, 0.29) is 29.2 Å². The molecule has 1 unspecified atom stereocenters. The number of aryl methyl sites for hydroxylation is 3. The second-order valence-electron chi connectivity index (χ2n) is 8.79. The number of carbonyl (C=O) groups is 1. The number of ether oxygens (including phenoxy) is 2. The van der Waals surface area contributed by atoms with Gasteiger partial charge in [-0.3, -0.25) is 4.31 Å². The highest BCUT2D eigenvalue weighted by Crippen LogP contribution is 2.36. The number of sulfonamides is 1. The Kier molecular flexibility index (Phi) is 6.52. The maximum Gasteiger partial charge on any atom is 0.335 e. The van der Waals surface area contributed by atoms with Crippen LogP contribution in [0, 0.1) is 6.92 Å². The van der Waals surface area contributed by atoms with Crippen molar-refractivity contribution in [3.63, 3.8) is 0 Å². The standard InChI is InChI=1S/C25H26N2O6S2/c1-16-15-34-25(26-16)35(30,31)27(13-22-9-10-32-22)23-12-19-4-2-3-18(19)11-20(23)14-33-21-7-5-17(6-8-21)24(28)29/h5-8,11-12,15,22H,2-4,9-10,13-14H2,1H3,(H,28,29). The molecule has 10 heteroatoms. The summed E-state index contributed by atoms with van der Waals surface area (Å²) in [6.45, 7) is 2.75. The first-order chi connectivity index (χ1) is 16.8. The van der Waals surface area contributed by atoms with E-state index in [0.717, 1.165) is 48.1 Å². The molecule has 8 nitrogen and oxygen atoms in total. The summed E-state index contributed by atoms with van der Waals surface area (Å²) in [4.78, 5) is 15.4. The van der Waals surface area contributed by atoms with E-state index in [1.54, 1.807) is 24.4 Å². The minimum absolute atomic E-state index is 0.0611. The smallest absolute Gasteiger partial charge is 0.335 e. The van der Waals surface area contributed by atoms with Crippen LogP contribution >= 0.6 is 11.3 Å². The molecule has 5 rings (SSSR count). The van der Waals surface area contributed by atoms with Crippen molar-refractivity contribution < 1.29 is 27.8 Å². The lowest BCUT2D eigenvalue weighted by Gasteiger charge is -2.34. The molecule has 0 spiro atoms. The van der Waals surface area contributed by atoms with Crippen molar-refractivity contribution in [2.75, 3.05) is 17.5 Å². The van der Waals surface area contributed by atoms with Crippen LogP contribution in [0.25, 0.3) is 0 Å². The summed E-state index contributed by atoms with van der Waals surface area (Å²) in [5, 5.41) is 10.9. The highest BCUT2D eigenvalue weighted by atomic mass is 32.2. The molecule has 1 fully saturated rings. The number of anilines is 1. The fourth-order valence-electron chi connectivity index (χ4n) is 4.35. The number of hydrogen-bond acceptors (Lipinski definition) is 7. The fraction of sp³-hybridized carbons (Fsp3) is 0.360. The summed E-state index contributed by atoms with van der Waals surface area (Å²) in [6.07, 6.45) is 3.51. The first-order valence-corrected chi connectivity index (χ1v) is 13.8. The molecule has 2 aromatic carbocycles. The van der Waals surface area contributed by atoms with Gasteiger partial charge in [0, 0.05) is 23.2 Å². The first kappa shape index (κ1) is 23.8. The molecule has 1 N–H and O–H groups in total. The van der Waals surface area contributed by atoms with Crippen molar-refractivity contribution in [2.45, 2.75) is 49.7 Å². The van der Waals surface area contributed by atoms with Crippen LogP contribution in [0.1, 0.15) is 45.6 Å². The van der Waals surface area contributed by atoms with E-state index >= 15 is 0 Å². The maximum absolute atomic E-state index is 13.8. The fourth-order valence-corrected chi connectivity index (χ4v) is 7.01. The average Bonchev–Trinajstić information content (AvgIpc) is 3.45. The number of thiazole rings is 1. The Bertz CT molecular complexity index is 1350. The topological polar surface area (TPSA) is 106 Å². The number of aromatic carboxylic acids is 1. The van der Waals surface area contributed by atoms with Gasteiger partial charge in [0.25, 0.3) is 10.0 Å². The van der Waals surface area contributed by atoms with Crippen molar-refractivity contribution in [2.24, 2.45) is 0 Å². The van der Waals surface area contributed by atoms with Gasteiger partial charge in [0.05, 0.1) is 23.9 Å². The van der Waals surface area contributed by atoms with E-state index in [4.69, 9.17) is 14.6 Å². The summed E-state index contributed by atoms with van der Waals surface area (Å²) in [6, 6.07) is 10.2. The summed E-state index contributed by atoms with van der Waals surface area (Å²) in [7, 11) is -3.90. The molecular formula is C25H26N2O6S2. The summed E-state index contributed by atoms with van der Waals surface area (Å²) >= 11 is 1.12. The lowest BCUT2D eigenvalue weighted by molar-refractivity contribution is -0.0428. The number of benzene rings is 2. The Balaban J connectivity index is 1.51. The lowest BCUT2D eigenvalue weighted by Crippen LogP contribution is -2.43. The SMILES string of the molecule is Cc1csc(S(=O)(=O)N(CC2CCO2)c2cc3c(cc2COc2ccc(C(=O)O)cc2)CCC3)n1. The summed E-state index contributed by atoms with van der Waals surface area (Å²) in [5.74, 6) is -0.498. The van der Waals surface area contributed by atoms with Crippen LogP contribution < -0.4 is 9.04 Å². The van der Waals surface area contributed by atoms with Crippen molar-refractivity contribution in [1.82, 2.24) is 4.98 Å². The van der Waals surface area contributed by atoms with Crippen molar-refractivity contribution >= 4 is 33.0 Å². The van der Waals surface area contributed by atoms with Crippen molar-refractivity contribution in [3.05, 3.63) is 69.7 Å². The third-order valence-corrected chi connectivity index (χ3v) is 9.46. The molecule has 0 radical (unpaired) electrons. The van der Waals surface area contributed by atoms with Gasteiger partial charge in [-0.25, -0.2) is 9.78 Å². The molecule has 0 amide bonds. The molecule has 35 heavy (non-hydrogen) atoms. The molecule has 1 aliphatic carbocycles. The van der Waals surface area contributed by atoms with Crippen molar-refractivity contribution in [3.8, 4) is 5.75 Å². The number of aromatic nitrogens is 1. The van der Waals surface area contributed by atoms with Gasteiger partial charge < -0.3 is 14.6 Å². The Labute approximate surface area is 208 Å². The zero-order valence-corrected chi connectivity index (χ0v) is 20.9. The number of nitrogens with zero attached hydrogens (tertiary/aromatic N) is 2. The number of carboxylic acid groups (broad SMARTS) is 1. The molecule has 0 saturated carbocycles. The number of carboxylic acids is 1. The second-order valence-corrected chi connectivity index (χ2v) is 11.7. The molecule has 2 heterocycles. The van der Waals surface area contributed by atoms with E-state index in [9.17, 15) is 13.2 Å². The van der Waals surface area contributed by atoms with Crippen molar-refractivity contribution in [1.29, 1.82) is 0 Å². The van der Waals surface area contributed by atoms with Crippen LogP contribution in [0.3, 0.4) is 0 Å². The Morgan fingerprint density at radius 1 is 1.23 bits per heavy atom. The Morgan fingerprint density at radius 2 is 1.94 bits per heavy atom. The van der Waals surface area contributed by atoms with Gasteiger partial charge in [0.2, 0.25) is 4.34 Å². The van der Waals surface area contributed by atoms with Gasteiger partial charge in [0.15, 0.2) is 0 Å². The van der Waals surface area contributed by atoms with Crippen LogP contribution in [0.5, 0.6) is 5.75 Å². The minimum Gasteiger partial charge on any atom is -0.489 e. The van der Waals surface area contributed by atoms with E-state index < -0.39 is 16.0 Å². The Hall–Kier alpha value is -2.95. The van der Waals surface area contributed by atoms with Crippen LogP contribution in [0.2, 0.25) is 0 Å². The highest BCUT2D eigenvalue weighted by molar-refractivity contribution is 7.94. The monoisotopic (exact) mass is 514 g/mol. The van der Waals surface area contributed by atoms with Gasteiger partial charge in [-0.15, -0.1) is 11.3 Å². The number of rotatable bonds is 9. The normalized spacial score (nSPS) is 17.0. The second kappa shape index (κ2) is 9.60. The molecule has 2 aliphatic rings. The van der Waals surface area contributed by atoms with Crippen LogP contribution in [0.4, 0.5) is 5.69 Å². The van der Waals surface area contributed by atoms with E-state index in [1.165, 1.54) is 22.0 Å². The lowest BCUT2D eigenvalue weighted by atomic mass is 10.0. The van der Waals surface area contributed by atoms with E-state index in [0.29, 0.717) is 23.7 Å². The van der Waals surface area contributed by atoms with E-state index in [2.05, 4.69) is 4.98 Å². The third kappa shape index (κ3) is 4.91. The van der Waals surface area contributed by atoms with Gasteiger partial charge in [-0.2, -0.15) is 8.42 Å². The van der Waals surface area contributed by atoms with E-state index in [1.807, 2.05) is 12.1 Å². The van der Waals surface area contributed by atoms with Gasteiger partial charge >= 0.3 is 5.97 Å². The molecule has 3 aromatic rings. The average molecular weight is 515 g/mol. The molecule has 1 atom stereocenters. The Morgan fingerprint density at radius 3 is 2.54 bits per heavy atom.